The Kier molecular flexibility index (Phi) is 3.85. The van der Waals surface area contributed by atoms with E-state index < -0.39 is 0 Å². The van der Waals surface area contributed by atoms with E-state index in [1.54, 1.807) is 0 Å². The molecule has 0 saturated carbocycles. The molecule has 0 atom stereocenters. The minimum atomic E-state index is -0.00694. The summed E-state index contributed by atoms with van der Waals surface area (Å²) in [6.07, 6.45) is 7.63. The quantitative estimate of drug-likeness (QED) is 0.504. The summed E-state index contributed by atoms with van der Waals surface area (Å²) in [5, 5.41) is 10.0. The molecule has 1 nitrogen and oxygen atoms in total. The van der Waals surface area contributed by atoms with E-state index >= 15 is 0 Å². The van der Waals surface area contributed by atoms with Crippen molar-refractivity contribution in [2.75, 3.05) is 6.61 Å². The first-order valence-electron chi connectivity index (χ1n) is 2.36. The predicted molar refractivity (Wildman–Crippen MR) is 27.3 cm³/mol. The van der Waals surface area contributed by atoms with Crippen molar-refractivity contribution in [3.05, 3.63) is 24.3 Å². The molecule has 0 aromatic rings. The first-order chi connectivity index (χ1) is 3.43. The van der Waals surface area contributed by atoms with Gasteiger partial charge in [0.2, 0.25) is 0 Å². The maximum Gasteiger partial charge on any atom is 0.0919 e. The molecular weight excluding hydrogens is 147 g/mol. The third kappa shape index (κ3) is 1.81. The number of hydrogen-bond donors (Lipinski definition) is 0. The van der Waals surface area contributed by atoms with E-state index in [1.165, 1.54) is 0 Å². The van der Waals surface area contributed by atoms with Crippen LogP contribution in [0.2, 0.25) is 0 Å². The summed E-state index contributed by atoms with van der Waals surface area (Å²) < 4.78 is 0. The second kappa shape index (κ2) is 3.88. The average molecular weight is 154 g/mol. The molecule has 0 N–H and O–H groups in total. The minimum Gasteiger partial charge on any atom is -0.236 e. The van der Waals surface area contributed by atoms with Crippen LogP contribution in [-0.2, 0) is 21.6 Å². The van der Waals surface area contributed by atoms with Gasteiger partial charge in [-0.05, 0) is 0 Å². The van der Waals surface area contributed by atoms with Crippen LogP contribution in [0.3, 0.4) is 0 Å². The van der Waals surface area contributed by atoms with Crippen LogP contribution in [0, 0.1) is 5.92 Å². The topological polar surface area (TPSA) is 19.9 Å². The maximum atomic E-state index is 10.0. The Labute approximate surface area is 59.0 Å². The van der Waals surface area contributed by atoms with E-state index in [0.717, 1.165) is 0 Å². The van der Waals surface area contributed by atoms with Crippen molar-refractivity contribution in [1.82, 2.24) is 0 Å². The maximum absolute atomic E-state index is 10.0. The van der Waals surface area contributed by atoms with Gasteiger partial charge in [-0.1, -0.05) is 24.3 Å². The zero-order chi connectivity index (χ0) is 5.11. The van der Waals surface area contributed by atoms with E-state index in [0.29, 0.717) is 0 Å². The fourth-order valence-corrected chi connectivity index (χ4v) is 0.589. The molecule has 1 radical (unpaired) electrons. The summed E-state index contributed by atoms with van der Waals surface area (Å²) in [6, 6.07) is 0. The van der Waals surface area contributed by atoms with Gasteiger partial charge in [0, 0.05) is 22.4 Å². The third-order valence-corrected chi connectivity index (χ3v) is 1.02. The Balaban J connectivity index is 0.000000490. The zero-order valence-corrected chi connectivity index (χ0v) is 5.31. The Morgan fingerprint density at radius 3 is 2.00 bits per heavy atom. The van der Waals surface area contributed by atoms with E-state index in [4.69, 9.17) is 0 Å². The summed E-state index contributed by atoms with van der Waals surface area (Å²) in [4.78, 5) is 0. The van der Waals surface area contributed by atoms with Crippen molar-refractivity contribution in [2.45, 2.75) is 0 Å². The van der Waals surface area contributed by atoms with Gasteiger partial charge in [-0.25, -0.2) is 5.11 Å². The van der Waals surface area contributed by atoms with Gasteiger partial charge in [0.1, 0.15) is 0 Å². The minimum absolute atomic E-state index is 0. The molecule has 0 aromatic heterocycles. The third-order valence-electron chi connectivity index (χ3n) is 1.02. The molecule has 0 unspecified atom stereocenters. The molecule has 1 aliphatic rings. The van der Waals surface area contributed by atoms with Gasteiger partial charge >= 0.3 is 0 Å². The Bertz CT molecular complexity index is 95.1. The van der Waals surface area contributed by atoms with Crippen LogP contribution in [-0.4, -0.2) is 6.61 Å². The van der Waals surface area contributed by atoms with Crippen molar-refractivity contribution in [2.24, 2.45) is 5.92 Å². The molecule has 47 valence electrons. The molecule has 0 heterocycles. The van der Waals surface area contributed by atoms with Gasteiger partial charge in [-0.15, -0.1) is 0 Å². The normalized spacial score (nSPS) is 16.6. The first kappa shape index (κ1) is 7.93. The monoisotopic (exact) mass is 153 g/mol. The molecule has 0 fully saturated rings. The molecule has 1 rings (SSSR count). The molecule has 8 heavy (non-hydrogen) atoms. The number of rotatable bonds is 1. The molecule has 0 aromatic carbocycles. The summed E-state index contributed by atoms with van der Waals surface area (Å²) in [5.74, 6) is 0.181. The van der Waals surface area contributed by atoms with Crippen LogP contribution in [0.15, 0.2) is 24.3 Å². The van der Waals surface area contributed by atoms with Gasteiger partial charge in [-0.3, -0.25) is 0 Å². The average Bonchev–Trinajstić information content (AvgIpc) is 2.14. The van der Waals surface area contributed by atoms with Crippen LogP contribution < -0.4 is 0 Å². The van der Waals surface area contributed by atoms with Gasteiger partial charge in [0.05, 0.1) is 6.61 Å². The SMILES string of the molecule is [Ni].[O]CC1C=CC=C1. The van der Waals surface area contributed by atoms with Crippen molar-refractivity contribution in [1.29, 1.82) is 0 Å². The Morgan fingerprint density at radius 1 is 1.25 bits per heavy atom. The van der Waals surface area contributed by atoms with E-state index in [9.17, 15) is 5.11 Å². The fourth-order valence-electron chi connectivity index (χ4n) is 0.589. The van der Waals surface area contributed by atoms with Crippen LogP contribution in [0.1, 0.15) is 0 Å². The second-order valence-corrected chi connectivity index (χ2v) is 1.60. The van der Waals surface area contributed by atoms with Crippen LogP contribution >= 0.6 is 0 Å². The van der Waals surface area contributed by atoms with Crippen LogP contribution in [0.5, 0.6) is 0 Å². The molecule has 0 aliphatic heterocycles. The van der Waals surface area contributed by atoms with Crippen LogP contribution in [0.4, 0.5) is 0 Å². The van der Waals surface area contributed by atoms with E-state index in [-0.39, 0.29) is 29.0 Å². The second-order valence-electron chi connectivity index (χ2n) is 1.60. The van der Waals surface area contributed by atoms with Gasteiger partial charge in [0.15, 0.2) is 0 Å². The Hall–Kier alpha value is -0.0665. The van der Waals surface area contributed by atoms with Gasteiger partial charge in [0.25, 0.3) is 0 Å². The standard InChI is InChI=1S/C6H7O.Ni/c7-5-6-3-1-2-4-6;/h1-4,6H,5H2;. The molecule has 1 aliphatic carbocycles. The van der Waals surface area contributed by atoms with Crippen LogP contribution in [0.25, 0.3) is 0 Å². The predicted octanol–water partition coefficient (Wildman–Crippen LogP) is 1.16. The molecule has 0 bridgehead atoms. The number of hydrogen-bond acceptors (Lipinski definition) is 0. The van der Waals surface area contributed by atoms with Crippen molar-refractivity contribution >= 4 is 0 Å². The Morgan fingerprint density at radius 2 is 1.75 bits per heavy atom. The summed E-state index contributed by atoms with van der Waals surface area (Å²) in [7, 11) is 0. The molecular formula is C6H7NiO. The first-order valence-corrected chi connectivity index (χ1v) is 2.36. The van der Waals surface area contributed by atoms with Crippen molar-refractivity contribution < 1.29 is 21.6 Å². The molecule has 0 saturated heterocycles. The van der Waals surface area contributed by atoms with E-state index in [1.807, 2.05) is 24.3 Å². The fraction of sp³-hybridized carbons (Fsp3) is 0.333. The molecule has 0 amide bonds. The smallest absolute Gasteiger partial charge is 0.0919 e. The van der Waals surface area contributed by atoms with Gasteiger partial charge in [-0.2, -0.15) is 0 Å². The molecule has 2 heteroatoms. The zero-order valence-electron chi connectivity index (χ0n) is 4.32. The largest absolute Gasteiger partial charge is 0.236 e. The molecule has 0 spiro atoms. The van der Waals surface area contributed by atoms with Crippen molar-refractivity contribution in [3.8, 4) is 0 Å². The number of allylic oxidation sites excluding steroid dienone is 2. The van der Waals surface area contributed by atoms with Crippen molar-refractivity contribution in [3.63, 3.8) is 0 Å². The summed E-state index contributed by atoms with van der Waals surface area (Å²) in [5.41, 5.74) is 0. The van der Waals surface area contributed by atoms with Gasteiger partial charge < -0.3 is 0 Å². The summed E-state index contributed by atoms with van der Waals surface area (Å²) in [6.45, 7) is -0.00694. The summed E-state index contributed by atoms with van der Waals surface area (Å²) >= 11 is 0. The van der Waals surface area contributed by atoms with E-state index in [2.05, 4.69) is 0 Å².